The molecular formula is C18H20ClN3O2. The maximum Gasteiger partial charge on any atom is 0.272 e. The zero-order chi connectivity index (χ0) is 16.9. The smallest absolute Gasteiger partial charge is 0.272 e. The fraction of sp³-hybridized carbons (Fsp3) is 0.333. The van der Waals surface area contributed by atoms with Crippen LogP contribution in [-0.2, 0) is 0 Å². The molecule has 1 aliphatic rings. The number of rotatable bonds is 4. The first kappa shape index (κ1) is 16.6. The molecule has 0 bridgehead atoms. The van der Waals surface area contributed by atoms with E-state index in [1.165, 1.54) is 6.42 Å². The summed E-state index contributed by atoms with van der Waals surface area (Å²) in [4.78, 5) is 18.6. The standard InChI is InChI=1S/C18H20ClN3O2/c1-24-17-6-5-13(11-15(17)19)21-14-7-8-20-16(12-14)18(23)22-9-3-2-4-10-22/h5-8,11-12H,2-4,9-10H2,1H3,(H,20,21). The molecule has 0 spiro atoms. The van der Waals surface area contributed by atoms with Crippen molar-refractivity contribution in [1.82, 2.24) is 9.88 Å². The molecule has 5 nitrogen and oxygen atoms in total. The Morgan fingerprint density at radius 1 is 1.17 bits per heavy atom. The molecule has 1 aromatic heterocycles. The molecule has 1 saturated heterocycles. The third-order valence-corrected chi connectivity index (χ3v) is 4.36. The summed E-state index contributed by atoms with van der Waals surface area (Å²) in [6.07, 6.45) is 4.96. The fourth-order valence-corrected chi connectivity index (χ4v) is 3.05. The van der Waals surface area contributed by atoms with E-state index in [0.29, 0.717) is 16.5 Å². The predicted molar refractivity (Wildman–Crippen MR) is 95.3 cm³/mol. The molecule has 24 heavy (non-hydrogen) atoms. The molecule has 126 valence electrons. The third kappa shape index (κ3) is 3.79. The van der Waals surface area contributed by atoms with Crippen LogP contribution < -0.4 is 10.1 Å². The van der Waals surface area contributed by atoms with E-state index in [2.05, 4.69) is 10.3 Å². The zero-order valence-corrected chi connectivity index (χ0v) is 14.3. The number of pyridine rings is 1. The van der Waals surface area contributed by atoms with Crippen LogP contribution in [0.1, 0.15) is 29.8 Å². The highest BCUT2D eigenvalue weighted by atomic mass is 35.5. The van der Waals surface area contributed by atoms with Gasteiger partial charge in [-0.25, -0.2) is 0 Å². The molecule has 1 fully saturated rings. The van der Waals surface area contributed by atoms with E-state index in [4.69, 9.17) is 16.3 Å². The van der Waals surface area contributed by atoms with Gasteiger partial charge in [0.15, 0.2) is 0 Å². The number of aromatic nitrogens is 1. The number of nitrogens with zero attached hydrogens (tertiary/aromatic N) is 2. The molecule has 2 heterocycles. The van der Waals surface area contributed by atoms with Gasteiger partial charge < -0.3 is 15.0 Å². The van der Waals surface area contributed by atoms with Crippen molar-refractivity contribution < 1.29 is 9.53 Å². The lowest BCUT2D eigenvalue weighted by Gasteiger charge is -2.26. The summed E-state index contributed by atoms with van der Waals surface area (Å²) in [5.74, 6) is 0.615. The number of methoxy groups -OCH3 is 1. The van der Waals surface area contributed by atoms with E-state index < -0.39 is 0 Å². The van der Waals surface area contributed by atoms with Crippen LogP contribution in [0.4, 0.5) is 11.4 Å². The Morgan fingerprint density at radius 2 is 1.92 bits per heavy atom. The molecule has 0 radical (unpaired) electrons. The number of benzene rings is 1. The van der Waals surface area contributed by atoms with E-state index in [9.17, 15) is 4.79 Å². The first-order valence-corrected chi connectivity index (χ1v) is 8.41. The minimum Gasteiger partial charge on any atom is -0.495 e. The zero-order valence-electron chi connectivity index (χ0n) is 13.6. The number of carbonyl (C=O) groups excluding carboxylic acids is 1. The monoisotopic (exact) mass is 345 g/mol. The van der Waals surface area contributed by atoms with Crippen LogP contribution in [-0.4, -0.2) is 36.0 Å². The first-order chi connectivity index (χ1) is 11.7. The molecule has 0 saturated carbocycles. The minimum absolute atomic E-state index is 0.00823. The van der Waals surface area contributed by atoms with Gasteiger partial charge in [-0.05, 0) is 49.6 Å². The van der Waals surface area contributed by atoms with Gasteiger partial charge in [0, 0.05) is 30.7 Å². The maximum absolute atomic E-state index is 12.5. The lowest BCUT2D eigenvalue weighted by Crippen LogP contribution is -2.36. The first-order valence-electron chi connectivity index (χ1n) is 8.03. The SMILES string of the molecule is COc1ccc(Nc2ccnc(C(=O)N3CCCCC3)c2)cc1Cl. The number of ether oxygens (including phenoxy) is 1. The van der Waals surface area contributed by atoms with E-state index in [1.54, 1.807) is 31.5 Å². The van der Waals surface area contributed by atoms with Gasteiger partial charge in [-0.1, -0.05) is 11.6 Å². The van der Waals surface area contributed by atoms with Crippen LogP contribution in [0.2, 0.25) is 5.02 Å². The highest BCUT2D eigenvalue weighted by Gasteiger charge is 2.19. The normalized spacial score (nSPS) is 14.3. The molecule has 2 aromatic rings. The van der Waals surface area contributed by atoms with E-state index in [1.807, 2.05) is 17.0 Å². The molecule has 0 atom stereocenters. The minimum atomic E-state index is -0.00823. The number of carbonyl (C=O) groups is 1. The van der Waals surface area contributed by atoms with Crippen LogP contribution in [0.5, 0.6) is 5.75 Å². The van der Waals surface area contributed by atoms with Crippen molar-refractivity contribution in [2.45, 2.75) is 19.3 Å². The largest absolute Gasteiger partial charge is 0.495 e. The number of halogens is 1. The molecule has 6 heteroatoms. The number of amides is 1. The fourth-order valence-electron chi connectivity index (χ4n) is 2.80. The average molecular weight is 346 g/mol. The quantitative estimate of drug-likeness (QED) is 0.905. The summed E-state index contributed by atoms with van der Waals surface area (Å²) < 4.78 is 5.15. The van der Waals surface area contributed by atoms with Crippen LogP contribution >= 0.6 is 11.6 Å². The van der Waals surface area contributed by atoms with E-state index >= 15 is 0 Å². The van der Waals surface area contributed by atoms with Crippen LogP contribution in [0.25, 0.3) is 0 Å². The number of nitrogens with one attached hydrogen (secondary N) is 1. The van der Waals surface area contributed by atoms with Gasteiger partial charge in [-0.3, -0.25) is 9.78 Å². The van der Waals surface area contributed by atoms with Crippen molar-refractivity contribution in [2.75, 3.05) is 25.5 Å². The van der Waals surface area contributed by atoms with Gasteiger partial charge in [-0.2, -0.15) is 0 Å². The Hall–Kier alpha value is -2.27. The second kappa shape index (κ2) is 7.53. The van der Waals surface area contributed by atoms with Crippen LogP contribution in [0.15, 0.2) is 36.5 Å². The second-order valence-electron chi connectivity index (χ2n) is 5.76. The van der Waals surface area contributed by atoms with Gasteiger partial charge in [0.1, 0.15) is 11.4 Å². The van der Waals surface area contributed by atoms with E-state index in [0.717, 1.165) is 37.3 Å². The van der Waals surface area contributed by atoms with Crippen molar-refractivity contribution in [1.29, 1.82) is 0 Å². The summed E-state index contributed by atoms with van der Waals surface area (Å²) in [5, 5.41) is 3.77. The van der Waals surface area contributed by atoms with Crippen molar-refractivity contribution in [2.24, 2.45) is 0 Å². The summed E-state index contributed by atoms with van der Waals surface area (Å²) in [7, 11) is 1.58. The molecule has 1 N–H and O–H groups in total. The Balaban J connectivity index is 1.75. The maximum atomic E-state index is 12.5. The Morgan fingerprint density at radius 3 is 2.62 bits per heavy atom. The number of hydrogen-bond donors (Lipinski definition) is 1. The van der Waals surface area contributed by atoms with Gasteiger partial charge in [0.05, 0.1) is 12.1 Å². The Kier molecular flexibility index (Phi) is 5.20. The Bertz CT molecular complexity index is 730. The lowest BCUT2D eigenvalue weighted by molar-refractivity contribution is 0.0718. The van der Waals surface area contributed by atoms with Gasteiger partial charge in [0.2, 0.25) is 0 Å². The summed E-state index contributed by atoms with van der Waals surface area (Å²) in [5.41, 5.74) is 2.08. The summed E-state index contributed by atoms with van der Waals surface area (Å²) >= 11 is 6.14. The average Bonchev–Trinajstić information content (AvgIpc) is 2.62. The summed E-state index contributed by atoms with van der Waals surface area (Å²) in [6, 6.07) is 9.05. The van der Waals surface area contributed by atoms with Crippen LogP contribution in [0.3, 0.4) is 0 Å². The molecular weight excluding hydrogens is 326 g/mol. The lowest BCUT2D eigenvalue weighted by atomic mass is 10.1. The number of anilines is 2. The molecule has 3 rings (SSSR count). The van der Waals surface area contributed by atoms with Gasteiger partial charge >= 0.3 is 0 Å². The van der Waals surface area contributed by atoms with Crippen molar-refractivity contribution in [3.8, 4) is 5.75 Å². The van der Waals surface area contributed by atoms with Crippen LogP contribution in [0, 0.1) is 0 Å². The topological polar surface area (TPSA) is 54.5 Å². The molecule has 1 aliphatic heterocycles. The number of piperidine rings is 1. The predicted octanol–water partition coefficient (Wildman–Crippen LogP) is 4.11. The molecule has 1 aromatic carbocycles. The van der Waals surface area contributed by atoms with Crippen molar-refractivity contribution in [3.63, 3.8) is 0 Å². The van der Waals surface area contributed by atoms with E-state index in [-0.39, 0.29) is 5.91 Å². The molecule has 0 unspecified atom stereocenters. The highest BCUT2D eigenvalue weighted by molar-refractivity contribution is 6.32. The van der Waals surface area contributed by atoms with Crippen molar-refractivity contribution in [3.05, 3.63) is 47.2 Å². The molecule has 0 aliphatic carbocycles. The van der Waals surface area contributed by atoms with Crippen molar-refractivity contribution >= 4 is 28.9 Å². The highest BCUT2D eigenvalue weighted by Crippen LogP contribution is 2.29. The third-order valence-electron chi connectivity index (χ3n) is 4.06. The molecule has 1 amide bonds. The van der Waals surface area contributed by atoms with Gasteiger partial charge in [-0.15, -0.1) is 0 Å². The van der Waals surface area contributed by atoms with Gasteiger partial charge in [0.25, 0.3) is 5.91 Å². The number of likely N-dealkylation sites (tertiary alicyclic amines) is 1. The summed E-state index contributed by atoms with van der Waals surface area (Å²) in [6.45, 7) is 1.62. The second-order valence-corrected chi connectivity index (χ2v) is 6.16. The Labute approximate surface area is 146 Å². The number of hydrogen-bond acceptors (Lipinski definition) is 4.